The van der Waals surface area contributed by atoms with Crippen LogP contribution in [0.3, 0.4) is 0 Å². The molecule has 1 aliphatic heterocycles. The van der Waals surface area contributed by atoms with E-state index in [0.29, 0.717) is 24.9 Å². The average molecular weight is 473 g/mol. The highest BCUT2D eigenvalue weighted by Crippen LogP contribution is 2.33. The number of benzene rings is 1. The summed E-state index contributed by atoms with van der Waals surface area (Å²) in [5.74, 6) is 1.05. The number of aromatic nitrogens is 9. The maximum atomic E-state index is 13.8. The van der Waals surface area contributed by atoms with Gasteiger partial charge in [0.25, 0.3) is 0 Å². The second-order valence-corrected chi connectivity index (χ2v) is 8.57. The van der Waals surface area contributed by atoms with Gasteiger partial charge in [-0.05, 0) is 49.0 Å². The number of H-pyrrole nitrogens is 1. The zero-order valence-electron chi connectivity index (χ0n) is 19.8. The number of dihydropyridines is 1. The van der Waals surface area contributed by atoms with Crippen molar-refractivity contribution < 1.29 is 0 Å². The van der Waals surface area contributed by atoms with Crippen molar-refractivity contribution in [2.75, 3.05) is 0 Å². The van der Waals surface area contributed by atoms with Gasteiger partial charge >= 0.3 is 5.69 Å². The van der Waals surface area contributed by atoms with Gasteiger partial charge in [-0.1, -0.05) is 43.7 Å². The average Bonchev–Trinajstić information content (AvgIpc) is 3.65. The normalized spacial score (nSPS) is 14.3. The van der Waals surface area contributed by atoms with Crippen LogP contribution in [-0.4, -0.2) is 44.5 Å². The zero-order valence-corrected chi connectivity index (χ0v) is 19.8. The molecule has 0 spiro atoms. The molecular weight excluding hydrogens is 444 g/mol. The minimum atomic E-state index is -0.555. The quantitative estimate of drug-likeness (QED) is 0.383. The molecule has 0 aliphatic carbocycles. The molecule has 0 radical (unpaired) electrons. The van der Waals surface area contributed by atoms with Crippen LogP contribution in [0.5, 0.6) is 0 Å². The van der Waals surface area contributed by atoms with Crippen LogP contribution in [0.15, 0.2) is 66.1 Å². The largest absolute Gasteiger partial charge is 0.368 e. The molecule has 0 saturated heterocycles. The number of unbranched alkanes of at least 4 members (excludes halogenated alkanes) is 1. The summed E-state index contributed by atoms with van der Waals surface area (Å²) < 4.78 is 5.34. The molecule has 11 nitrogen and oxygen atoms in total. The van der Waals surface area contributed by atoms with Crippen molar-refractivity contribution in [1.29, 1.82) is 0 Å². The first-order chi connectivity index (χ1) is 17.1. The number of hydrogen-bond donors (Lipinski definition) is 2. The highest BCUT2D eigenvalue weighted by Gasteiger charge is 2.31. The number of aromatic amines is 1. The van der Waals surface area contributed by atoms with Crippen LogP contribution in [0.25, 0.3) is 17.3 Å². The van der Waals surface area contributed by atoms with E-state index in [4.69, 9.17) is 0 Å². The second-order valence-electron chi connectivity index (χ2n) is 8.57. The second kappa shape index (κ2) is 9.53. The van der Waals surface area contributed by atoms with Crippen LogP contribution < -0.4 is 11.0 Å². The van der Waals surface area contributed by atoms with Gasteiger partial charge in [-0.15, -0.1) is 20.4 Å². The molecule has 0 saturated carbocycles. The molecule has 0 amide bonds. The molecule has 3 aromatic heterocycles. The fourth-order valence-electron chi connectivity index (χ4n) is 4.44. The third kappa shape index (κ3) is 4.20. The van der Waals surface area contributed by atoms with Crippen molar-refractivity contribution >= 4 is 0 Å². The molecule has 11 heteroatoms. The molecule has 2 N–H and O–H groups in total. The Morgan fingerprint density at radius 2 is 1.97 bits per heavy atom. The third-order valence-corrected chi connectivity index (χ3v) is 6.38. The van der Waals surface area contributed by atoms with Crippen molar-refractivity contribution in [3.05, 3.63) is 83.1 Å². The Labute approximate surface area is 202 Å². The van der Waals surface area contributed by atoms with E-state index in [9.17, 15) is 4.79 Å². The van der Waals surface area contributed by atoms with E-state index in [-0.39, 0.29) is 5.69 Å². The van der Waals surface area contributed by atoms with E-state index in [0.717, 1.165) is 36.1 Å². The molecule has 0 bridgehead atoms. The third-order valence-electron chi connectivity index (χ3n) is 6.38. The summed E-state index contributed by atoms with van der Waals surface area (Å²) in [5, 5.41) is 25.8. The molecule has 1 aromatic carbocycles. The van der Waals surface area contributed by atoms with Crippen LogP contribution in [-0.2, 0) is 24.9 Å². The van der Waals surface area contributed by atoms with Crippen molar-refractivity contribution in [2.45, 2.75) is 51.6 Å². The molecular formula is C24H28N10O. The van der Waals surface area contributed by atoms with Crippen molar-refractivity contribution in [3.8, 4) is 17.3 Å². The molecule has 1 aliphatic rings. The van der Waals surface area contributed by atoms with Crippen molar-refractivity contribution in [2.24, 2.45) is 0 Å². The Balaban J connectivity index is 1.61. The Hall–Kier alpha value is -4.28. The minimum Gasteiger partial charge on any atom is -0.368 e. The fourth-order valence-corrected chi connectivity index (χ4v) is 4.44. The Bertz CT molecular complexity index is 1390. The van der Waals surface area contributed by atoms with Gasteiger partial charge in [-0.2, -0.15) is 5.21 Å². The summed E-state index contributed by atoms with van der Waals surface area (Å²) in [5.41, 5.74) is 2.15. The van der Waals surface area contributed by atoms with Gasteiger partial charge in [0.05, 0.1) is 5.41 Å². The fraction of sp³-hybridized carbons (Fsp3) is 0.333. The summed E-state index contributed by atoms with van der Waals surface area (Å²) in [7, 11) is 0. The first-order valence-electron chi connectivity index (χ1n) is 11.8. The van der Waals surface area contributed by atoms with Gasteiger partial charge in [0.15, 0.2) is 0 Å². The SMILES string of the molecule is CCCCc1cn(-c2nncn2CC)c(=O)n1CC1(c2cccc(-c3nn[nH]n3)c2)C=CNC=C1. The van der Waals surface area contributed by atoms with Gasteiger partial charge in [0, 0.05) is 30.5 Å². The Morgan fingerprint density at radius 3 is 2.71 bits per heavy atom. The van der Waals surface area contributed by atoms with E-state index in [1.165, 1.54) is 0 Å². The predicted molar refractivity (Wildman–Crippen MR) is 131 cm³/mol. The molecule has 0 fully saturated rings. The van der Waals surface area contributed by atoms with Crippen LogP contribution >= 0.6 is 0 Å². The van der Waals surface area contributed by atoms with E-state index in [1.807, 2.05) is 52.9 Å². The van der Waals surface area contributed by atoms with E-state index < -0.39 is 5.41 Å². The van der Waals surface area contributed by atoms with Crippen LogP contribution in [0.2, 0.25) is 0 Å². The van der Waals surface area contributed by atoms with Gasteiger partial charge in [-0.25, -0.2) is 9.36 Å². The molecule has 0 unspecified atom stereocenters. The summed E-state index contributed by atoms with van der Waals surface area (Å²) in [6.07, 6.45) is 14.4. The Morgan fingerprint density at radius 1 is 1.11 bits per heavy atom. The van der Waals surface area contributed by atoms with Crippen LogP contribution in [0, 0.1) is 0 Å². The number of allylic oxidation sites excluding steroid dienone is 2. The highest BCUT2D eigenvalue weighted by molar-refractivity contribution is 5.57. The Kier molecular flexibility index (Phi) is 6.13. The number of tetrazole rings is 1. The molecule has 5 rings (SSSR count). The first kappa shape index (κ1) is 22.5. The van der Waals surface area contributed by atoms with E-state index in [1.54, 1.807) is 10.9 Å². The number of imidazole rings is 1. The highest BCUT2D eigenvalue weighted by atomic mass is 16.2. The molecule has 0 atom stereocenters. The molecule has 4 aromatic rings. The summed E-state index contributed by atoms with van der Waals surface area (Å²) in [6.45, 7) is 5.26. The minimum absolute atomic E-state index is 0.132. The summed E-state index contributed by atoms with van der Waals surface area (Å²) in [4.78, 5) is 13.8. The van der Waals surface area contributed by atoms with Crippen LogP contribution in [0.4, 0.5) is 0 Å². The van der Waals surface area contributed by atoms with Crippen molar-refractivity contribution in [3.63, 3.8) is 0 Å². The van der Waals surface area contributed by atoms with Crippen molar-refractivity contribution in [1.82, 2.24) is 49.8 Å². The smallest absolute Gasteiger partial charge is 0.335 e. The standard InChI is InChI=1S/C24H28N10O/c1-3-5-9-20-15-33(22-29-26-17-32(22)4-2)23(35)34(20)16-24(10-12-25-13-11-24)19-8-6-7-18(14-19)21-27-30-31-28-21/h6-8,10-15,17,25H,3-5,9,16H2,1-2H3,(H,27,28,30,31). The molecule has 180 valence electrons. The monoisotopic (exact) mass is 472 g/mol. The lowest BCUT2D eigenvalue weighted by Gasteiger charge is -2.31. The van der Waals surface area contributed by atoms with Gasteiger partial charge < -0.3 is 5.32 Å². The zero-order chi connectivity index (χ0) is 24.3. The van der Waals surface area contributed by atoms with E-state index >= 15 is 0 Å². The number of nitrogens with one attached hydrogen (secondary N) is 2. The summed E-state index contributed by atoms with van der Waals surface area (Å²) >= 11 is 0. The lowest BCUT2D eigenvalue weighted by molar-refractivity contribution is 0.495. The number of aryl methyl sites for hydroxylation is 2. The number of rotatable bonds is 9. The maximum absolute atomic E-state index is 13.8. The van der Waals surface area contributed by atoms with Gasteiger partial charge in [0.1, 0.15) is 6.33 Å². The number of nitrogens with zero attached hydrogens (tertiary/aromatic N) is 8. The predicted octanol–water partition coefficient (Wildman–Crippen LogP) is 2.34. The van der Waals surface area contributed by atoms with Gasteiger partial charge in [0.2, 0.25) is 11.8 Å². The lowest BCUT2D eigenvalue weighted by atomic mass is 9.78. The van der Waals surface area contributed by atoms with Gasteiger partial charge in [-0.3, -0.25) is 9.13 Å². The first-order valence-corrected chi connectivity index (χ1v) is 11.8. The maximum Gasteiger partial charge on any atom is 0.335 e. The molecule has 4 heterocycles. The van der Waals surface area contributed by atoms with Crippen LogP contribution in [0.1, 0.15) is 37.9 Å². The lowest BCUT2D eigenvalue weighted by Crippen LogP contribution is -2.36. The van der Waals surface area contributed by atoms with E-state index in [2.05, 4.69) is 61.3 Å². The topological polar surface area (TPSA) is 124 Å². The number of hydrogen-bond acceptors (Lipinski definition) is 7. The summed E-state index contributed by atoms with van der Waals surface area (Å²) in [6, 6.07) is 8.03. The molecule has 35 heavy (non-hydrogen) atoms.